The third-order valence-corrected chi connectivity index (χ3v) is 4.25. The van der Waals surface area contributed by atoms with Crippen LogP contribution in [0, 0.1) is 0 Å². The molecule has 0 unspecified atom stereocenters. The van der Waals surface area contributed by atoms with Gasteiger partial charge < -0.3 is 14.7 Å². The summed E-state index contributed by atoms with van der Waals surface area (Å²) in [6, 6.07) is 6.21. The Morgan fingerprint density at radius 1 is 1.28 bits per heavy atom. The van der Waals surface area contributed by atoms with E-state index >= 15 is 0 Å². The molecule has 1 saturated heterocycles. The zero-order chi connectivity index (χ0) is 12.6. The number of rotatable bonds is 1. The van der Waals surface area contributed by atoms with Crippen molar-refractivity contribution >= 4 is 0 Å². The summed E-state index contributed by atoms with van der Waals surface area (Å²) in [4.78, 5) is 2.27. The normalized spacial score (nSPS) is 23.2. The molecule has 1 aromatic carbocycles. The molecule has 0 aromatic heterocycles. The lowest BCUT2D eigenvalue weighted by Crippen LogP contribution is -2.41. The average Bonchev–Trinajstić information content (AvgIpc) is 2.42. The molecule has 2 aliphatic heterocycles. The van der Waals surface area contributed by atoms with Gasteiger partial charge in [-0.3, -0.25) is 0 Å². The van der Waals surface area contributed by atoms with Crippen molar-refractivity contribution in [2.24, 2.45) is 0 Å². The van der Waals surface area contributed by atoms with Crippen LogP contribution in [0.1, 0.15) is 30.4 Å². The van der Waals surface area contributed by atoms with Gasteiger partial charge in [0.25, 0.3) is 0 Å². The fourth-order valence-corrected chi connectivity index (χ4v) is 3.01. The van der Waals surface area contributed by atoms with E-state index in [4.69, 9.17) is 4.74 Å². The maximum atomic E-state index is 10.9. The predicted octanol–water partition coefficient (Wildman–Crippen LogP) is 1.92. The average molecular weight is 247 g/mol. The maximum Gasteiger partial charge on any atom is 0.128 e. The maximum absolute atomic E-state index is 10.9. The van der Waals surface area contributed by atoms with Crippen LogP contribution in [0.15, 0.2) is 18.2 Å². The highest BCUT2D eigenvalue weighted by molar-refractivity contribution is 5.46. The van der Waals surface area contributed by atoms with E-state index in [9.17, 15) is 5.11 Å². The van der Waals surface area contributed by atoms with Crippen molar-refractivity contribution < 1.29 is 9.84 Å². The minimum absolute atomic E-state index is 0.699. The zero-order valence-electron chi connectivity index (χ0n) is 11.0. The Morgan fingerprint density at radius 2 is 2.06 bits per heavy atom. The Morgan fingerprint density at radius 3 is 2.83 bits per heavy atom. The number of ether oxygens (including phenoxy) is 1. The standard InChI is InChI=1S/C15H21NO2/c1-16-9-7-15(17,8-10-16)13-6-2-4-12-5-3-11-18-14(12)13/h2,4,6,17H,3,5,7-11H2,1H3. The fourth-order valence-electron chi connectivity index (χ4n) is 3.01. The second-order valence-corrected chi connectivity index (χ2v) is 5.58. The van der Waals surface area contributed by atoms with Gasteiger partial charge in [-0.05, 0) is 38.3 Å². The number of para-hydroxylation sites is 1. The summed E-state index contributed by atoms with van der Waals surface area (Å²) in [6.07, 6.45) is 3.74. The molecule has 2 heterocycles. The number of likely N-dealkylation sites (tertiary alicyclic amines) is 1. The molecule has 18 heavy (non-hydrogen) atoms. The highest BCUT2D eigenvalue weighted by Crippen LogP contribution is 2.40. The molecule has 0 aliphatic carbocycles. The first-order chi connectivity index (χ1) is 8.69. The van der Waals surface area contributed by atoms with Crippen LogP contribution in [0.5, 0.6) is 5.75 Å². The molecule has 1 N–H and O–H groups in total. The number of benzene rings is 1. The van der Waals surface area contributed by atoms with Gasteiger partial charge in [0.05, 0.1) is 12.2 Å². The Bertz CT molecular complexity index is 436. The number of nitrogens with zero attached hydrogens (tertiary/aromatic N) is 1. The Labute approximate surface area is 108 Å². The molecule has 3 nitrogen and oxygen atoms in total. The molecule has 0 saturated carbocycles. The summed E-state index contributed by atoms with van der Waals surface area (Å²) in [6.45, 7) is 2.67. The summed E-state index contributed by atoms with van der Waals surface area (Å²) < 4.78 is 5.83. The number of aliphatic hydroxyl groups is 1. The number of piperidine rings is 1. The molecule has 0 radical (unpaired) electrons. The van der Waals surface area contributed by atoms with E-state index in [1.165, 1.54) is 5.56 Å². The summed E-state index contributed by atoms with van der Waals surface area (Å²) in [7, 11) is 2.11. The first-order valence-corrected chi connectivity index (χ1v) is 6.85. The summed E-state index contributed by atoms with van der Waals surface area (Å²) >= 11 is 0. The van der Waals surface area contributed by atoms with E-state index in [0.29, 0.717) is 0 Å². The van der Waals surface area contributed by atoms with Gasteiger partial charge >= 0.3 is 0 Å². The molecule has 0 atom stereocenters. The van der Waals surface area contributed by atoms with E-state index in [1.807, 2.05) is 6.07 Å². The van der Waals surface area contributed by atoms with Crippen molar-refractivity contribution in [2.75, 3.05) is 26.7 Å². The van der Waals surface area contributed by atoms with Crippen LogP contribution in [0.3, 0.4) is 0 Å². The van der Waals surface area contributed by atoms with Gasteiger partial charge in [0.15, 0.2) is 0 Å². The fraction of sp³-hybridized carbons (Fsp3) is 0.600. The first-order valence-electron chi connectivity index (χ1n) is 6.85. The van der Waals surface area contributed by atoms with Crippen LogP contribution in [0.2, 0.25) is 0 Å². The molecule has 3 rings (SSSR count). The second-order valence-electron chi connectivity index (χ2n) is 5.58. The largest absolute Gasteiger partial charge is 0.493 e. The SMILES string of the molecule is CN1CCC(O)(c2cccc3c2OCCC3)CC1. The van der Waals surface area contributed by atoms with Crippen molar-refractivity contribution in [3.63, 3.8) is 0 Å². The smallest absolute Gasteiger partial charge is 0.128 e. The lowest BCUT2D eigenvalue weighted by molar-refractivity contribution is -0.0226. The third kappa shape index (κ3) is 2.02. The number of hydrogen-bond donors (Lipinski definition) is 1. The monoisotopic (exact) mass is 247 g/mol. The van der Waals surface area contributed by atoms with Crippen molar-refractivity contribution in [3.8, 4) is 5.75 Å². The Balaban J connectivity index is 1.96. The zero-order valence-corrected chi connectivity index (χ0v) is 11.0. The van der Waals surface area contributed by atoms with Gasteiger partial charge in [-0.2, -0.15) is 0 Å². The van der Waals surface area contributed by atoms with E-state index in [0.717, 1.165) is 56.7 Å². The lowest BCUT2D eigenvalue weighted by Gasteiger charge is -2.38. The molecule has 0 spiro atoms. The molecular formula is C15H21NO2. The molecule has 1 aromatic rings. The molecule has 1 fully saturated rings. The van der Waals surface area contributed by atoms with Crippen LogP contribution < -0.4 is 4.74 Å². The van der Waals surface area contributed by atoms with Gasteiger partial charge in [-0.1, -0.05) is 18.2 Å². The third-order valence-electron chi connectivity index (χ3n) is 4.25. The van der Waals surface area contributed by atoms with Crippen LogP contribution in [-0.2, 0) is 12.0 Å². The van der Waals surface area contributed by atoms with Crippen molar-refractivity contribution in [3.05, 3.63) is 29.3 Å². The van der Waals surface area contributed by atoms with E-state index in [1.54, 1.807) is 0 Å². The Kier molecular flexibility index (Phi) is 3.04. The van der Waals surface area contributed by atoms with Gasteiger partial charge in [-0.15, -0.1) is 0 Å². The first kappa shape index (κ1) is 12.0. The second kappa shape index (κ2) is 4.56. The molecule has 0 bridgehead atoms. The predicted molar refractivity (Wildman–Crippen MR) is 70.9 cm³/mol. The number of fused-ring (bicyclic) bond motifs is 1. The quantitative estimate of drug-likeness (QED) is 0.823. The number of hydrogen-bond acceptors (Lipinski definition) is 3. The highest BCUT2D eigenvalue weighted by atomic mass is 16.5. The molecular weight excluding hydrogens is 226 g/mol. The minimum Gasteiger partial charge on any atom is -0.493 e. The van der Waals surface area contributed by atoms with E-state index in [2.05, 4.69) is 24.1 Å². The topological polar surface area (TPSA) is 32.7 Å². The summed E-state index contributed by atoms with van der Waals surface area (Å²) in [5.74, 6) is 0.954. The van der Waals surface area contributed by atoms with Gasteiger partial charge in [0.2, 0.25) is 0 Å². The van der Waals surface area contributed by atoms with Crippen LogP contribution in [0.25, 0.3) is 0 Å². The van der Waals surface area contributed by atoms with Crippen LogP contribution >= 0.6 is 0 Å². The van der Waals surface area contributed by atoms with Crippen molar-refractivity contribution in [2.45, 2.75) is 31.3 Å². The molecule has 3 heteroatoms. The van der Waals surface area contributed by atoms with Crippen molar-refractivity contribution in [1.82, 2.24) is 4.90 Å². The highest BCUT2D eigenvalue weighted by Gasteiger charge is 2.36. The van der Waals surface area contributed by atoms with E-state index < -0.39 is 5.60 Å². The minimum atomic E-state index is -0.699. The molecule has 0 amide bonds. The van der Waals surface area contributed by atoms with Gasteiger partial charge in [0.1, 0.15) is 5.75 Å². The summed E-state index contributed by atoms with van der Waals surface area (Å²) in [5, 5.41) is 10.9. The lowest BCUT2D eigenvalue weighted by atomic mass is 9.82. The molecule has 2 aliphatic rings. The van der Waals surface area contributed by atoms with Crippen LogP contribution in [-0.4, -0.2) is 36.8 Å². The number of aryl methyl sites for hydroxylation is 1. The van der Waals surface area contributed by atoms with Gasteiger partial charge in [-0.25, -0.2) is 0 Å². The van der Waals surface area contributed by atoms with Crippen LogP contribution in [0.4, 0.5) is 0 Å². The van der Waals surface area contributed by atoms with E-state index in [-0.39, 0.29) is 0 Å². The summed E-state index contributed by atoms with van der Waals surface area (Å²) in [5.41, 5.74) is 1.56. The molecule has 98 valence electrons. The van der Waals surface area contributed by atoms with Gasteiger partial charge in [0, 0.05) is 18.7 Å². The van der Waals surface area contributed by atoms with Crippen molar-refractivity contribution in [1.29, 1.82) is 0 Å². The Hall–Kier alpha value is -1.06.